The maximum atomic E-state index is 12.5. The lowest BCUT2D eigenvalue weighted by molar-refractivity contribution is -0.131. The van der Waals surface area contributed by atoms with Crippen LogP contribution in [-0.4, -0.2) is 46.1 Å². The van der Waals surface area contributed by atoms with Gasteiger partial charge in [-0.15, -0.1) is 0 Å². The van der Waals surface area contributed by atoms with Gasteiger partial charge in [-0.2, -0.15) is 0 Å². The number of nitrogens with one attached hydrogen (secondary N) is 1. The third kappa shape index (κ3) is 42.7. The summed E-state index contributed by atoms with van der Waals surface area (Å²) in [4.78, 5) is 12.5. The van der Waals surface area contributed by atoms with Crippen LogP contribution >= 0.6 is 0 Å². The summed E-state index contributed by atoms with van der Waals surface area (Å²) in [6, 6.07) is -0.819. The van der Waals surface area contributed by atoms with E-state index in [2.05, 4.69) is 43.5 Å². The maximum Gasteiger partial charge on any atom is 0.249 e. The highest BCUT2D eigenvalue weighted by molar-refractivity contribution is 5.80. The number of hydrogen-bond donors (Lipinski definition) is 4. The van der Waals surface area contributed by atoms with Crippen molar-refractivity contribution in [2.24, 2.45) is 0 Å². The molecule has 0 bridgehead atoms. The predicted molar refractivity (Wildman–Crippen MR) is 254 cm³/mol. The first-order valence-corrected chi connectivity index (χ1v) is 25.8. The summed E-state index contributed by atoms with van der Waals surface area (Å²) in [7, 11) is 0. The van der Waals surface area contributed by atoms with Crippen molar-refractivity contribution in [2.45, 2.75) is 289 Å². The first-order valence-electron chi connectivity index (χ1n) is 25.8. The van der Waals surface area contributed by atoms with Crippen LogP contribution < -0.4 is 5.32 Å². The van der Waals surface area contributed by atoms with Gasteiger partial charge in [0, 0.05) is 0 Å². The first-order chi connectivity index (χ1) is 28.6. The summed E-state index contributed by atoms with van der Waals surface area (Å²) in [5.41, 5.74) is 0. The van der Waals surface area contributed by atoms with Crippen molar-refractivity contribution in [1.29, 1.82) is 0 Å². The van der Waals surface area contributed by atoms with Crippen molar-refractivity contribution in [3.8, 4) is 0 Å². The Bertz CT molecular complexity index is 901. The second kappa shape index (κ2) is 48.2. The highest BCUT2D eigenvalue weighted by Crippen LogP contribution is 2.17. The monoisotopic (exact) mass is 816 g/mol. The van der Waals surface area contributed by atoms with Crippen LogP contribution in [0.5, 0.6) is 0 Å². The number of aliphatic hydroxyl groups excluding tert-OH is 3. The third-order valence-electron chi connectivity index (χ3n) is 12.0. The third-order valence-corrected chi connectivity index (χ3v) is 12.0. The molecule has 1 amide bonds. The van der Waals surface area contributed by atoms with E-state index in [0.717, 1.165) is 44.9 Å². The number of unbranched alkanes of at least 4 members (excludes halogenated alkanes) is 35. The van der Waals surface area contributed by atoms with Crippen LogP contribution in [0, 0.1) is 0 Å². The molecule has 5 nitrogen and oxygen atoms in total. The van der Waals surface area contributed by atoms with Crippen molar-refractivity contribution in [3.05, 3.63) is 36.5 Å². The minimum absolute atomic E-state index is 0.379. The van der Waals surface area contributed by atoms with Crippen molar-refractivity contribution in [1.82, 2.24) is 5.32 Å². The topological polar surface area (TPSA) is 89.8 Å². The Morgan fingerprint density at radius 3 is 1.05 bits per heavy atom. The first kappa shape index (κ1) is 56.6. The van der Waals surface area contributed by atoms with Crippen molar-refractivity contribution < 1.29 is 20.1 Å². The molecule has 0 aromatic rings. The highest BCUT2D eigenvalue weighted by Gasteiger charge is 2.22. The standard InChI is InChI=1S/C53H101NO4/c1-3-5-7-9-11-13-15-17-19-21-23-24-25-26-27-28-30-31-33-35-37-39-41-43-45-47-51(56)50(49-55)54-53(58)52(57)48-46-44-42-40-38-36-34-32-29-22-20-18-16-14-12-10-8-6-4-2/h30-31,37,39,45,47,50-52,55-57H,3-29,32-36,38,40-44,46,48-49H2,1-2H3,(H,54,58)/b31-30+,39-37+,47-45+. The number of amides is 1. The van der Waals surface area contributed by atoms with Gasteiger partial charge < -0.3 is 20.6 Å². The van der Waals surface area contributed by atoms with E-state index >= 15 is 0 Å². The molecule has 0 aliphatic carbocycles. The average molecular weight is 816 g/mol. The number of hydrogen-bond acceptors (Lipinski definition) is 4. The quantitative estimate of drug-likeness (QED) is 0.0364. The van der Waals surface area contributed by atoms with E-state index in [1.807, 2.05) is 6.08 Å². The molecular weight excluding hydrogens is 715 g/mol. The van der Waals surface area contributed by atoms with Gasteiger partial charge in [0.05, 0.1) is 18.8 Å². The predicted octanol–water partition coefficient (Wildman–Crippen LogP) is 15.5. The lowest BCUT2D eigenvalue weighted by atomic mass is 10.0. The van der Waals surface area contributed by atoms with E-state index in [-0.39, 0.29) is 6.61 Å². The van der Waals surface area contributed by atoms with Crippen LogP contribution in [0.1, 0.15) is 271 Å². The molecule has 4 N–H and O–H groups in total. The molecule has 0 saturated carbocycles. The van der Waals surface area contributed by atoms with E-state index in [1.54, 1.807) is 6.08 Å². The molecule has 3 atom stereocenters. The second-order valence-corrected chi connectivity index (χ2v) is 17.7. The molecular formula is C53H101NO4. The van der Waals surface area contributed by atoms with Gasteiger partial charge >= 0.3 is 0 Å². The van der Waals surface area contributed by atoms with Gasteiger partial charge in [0.25, 0.3) is 0 Å². The van der Waals surface area contributed by atoms with Gasteiger partial charge in [0.1, 0.15) is 6.10 Å². The van der Waals surface area contributed by atoms with Gasteiger partial charge in [0.15, 0.2) is 0 Å². The van der Waals surface area contributed by atoms with Crippen LogP contribution in [0.3, 0.4) is 0 Å². The SMILES string of the molecule is CCCCCCCCCCCCCCCCC/C=C/CC/C=C/CC/C=C/C(O)C(CO)NC(=O)C(O)CCCCCCCCCCCCCCCCCCCCC. The van der Waals surface area contributed by atoms with Crippen molar-refractivity contribution >= 4 is 5.91 Å². The molecule has 58 heavy (non-hydrogen) atoms. The van der Waals surface area contributed by atoms with Gasteiger partial charge in [-0.25, -0.2) is 0 Å². The molecule has 0 rings (SSSR count). The van der Waals surface area contributed by atoms with Crippen LogP contribution in [0.4, 0.5) is 0 Å². The molecule has 3 unspecified atom stereocenters. The van der Waals surface area contributed by atoms with E-state index in [1.165, 1.54) is 205 Å². The van der Waals surface area contributed by atoms with Crippen LogP contribution in [0.25, 0.3) is 0 Å². The number of allylic oxidation sites excluding steroid dienone is 5. The van der Waals surface area contributed by atoms with Crippen LogP contribution in [0.2, 0.25) is 0 Å². The van der Waals surface area contributed by atoms with Gasteiger partial charge in [0.2, 0.25) is 5.91 Å². The Hall–Kier alpha value is -1.43. The number of carbonyl (C=O) groups excluding carboxylic acids is 1. The van der Waals surface area contributed by atoms with E-state index in [9.17, 15) is 20.1 Å². The number of aliphatic hydroxyl groups is 3. The molecule has 0 aliphatic heterocycles. The zero-order chi connectivity index (χ0) is 42.3. The Kier molecular flexibility index (Phi) is 47.0. The normalized spacial score (nSPS) is 13.7. The summed E-state index contributed by atoms with van der Waals surface area (Å²) in [5.74, 6) is -0.513. The van der Waals surface area contributed by atoms with Gasteiger partial charge in [-0.3, -0.25) is 4.79 Å². The zero-order valence-corrected chi connectivity index (χ0v) is 38.9. The minimum Gasteiger partial charge on any atom is -0.394 e. The lowest BCUT2D eigenvalue weighted by Crippen LogP contribution is -2.48. The molecule has 0 saturated heterocycles. The fourth-order valence-electron chi connectivity index (χ4n) is 7.92. The van der Waals surface area contributed by atoms with Crippen LogP contribution in [-0.2, 0) is 4.79 Å². The Balaban J connectivity index is 3.66. The summed E-state index contributed by atoms with van der Waals surface area (Å²) in [6.07, 6.45) is 62.1. The summed E-state index contributed by atoms with van der Waals surface area (Å²) >= 11 is 0. The molecule has 0 fully saturated rings. The molecule has 0 aromatic heterocycles. The van der Waals surface area contributed by atoms with Crippen molar-refractivity contribution in [2.75, 3.05) is 6.61 Å². The molecule has 0 spiro atoms. The molecule has 0 aliphatic rings. The second-order valence-electron chi connectivity index (χ2n) is 17.7. The fraction of sp³-hybridized carbons (Fsp3) is 0.868. The highest BCUT2D eigenvalue weighted by atomic mass is 16.3. The number of carbonyl (C=O) groups is 1. The van der Waals surface area contributed by atoms with E-state index in [4.69, 9.17) is 0 Å². The summed E-state index contributed by atoms with van der Waals surface area (Å²) < 4.78 is 0. The van der Waals surface area contributed by atoms with Gasteiger partial charge in [-0.1, -0.05) is 262 Å². The fourth-order valence-corrected chi connectivity index (χ4v) is 7.92. The van der Waals surface area contributed by atoms with Gasteiger partial charge in [-0.05, 0) is 44.9 Å². The summed E-state index contributed by atoms with van der Waals surface area (Å²) in [6.45, 7) is 4.19. The van der Waals surface area contributed by atoms with Crippen LogP contribution in [0.15, 0.2) is 36.5 Å². The number of rotatable bonds is 47. The Morgan fingerprint density at radius 2 is 0.707 bits per heavy atom. The molecule has 342 valence electrons. The lowest BCUT2D eigenvalue weighted by Gasteiger charge is -2.21. The van der Waals surface area contributed by atoms with E-state index in [0.29, 0.717) is 6.42 Å². The molecule has 0 radical (unpaired) electrons. The molecule has 5 heteroatoms. The smallest absolute Gasteiger partial charge is 0.249 e. The average Bonchev–Trinajstić information content (AvgIpc) is 3.23. The Morgan fingerprint density at radius 1 is 0.414 bits per heavy atom. The Labute approximate surface area is 362 Å². The van der Waals surface area contributed by atoms with E-state index < -0.39 is 24.2 Å². The van der Waals surface area contributed by atoms with Crippen molar-refractivity contribution in [3.63, 3.8) is 0 Å². The minimum atomic E-state index is -1.11. The maximum absolute atomic E-state index is 12.5. The summed E-state index contributed by atoms with van der Waals surface area (Å²) in [5, 5.41) is 33.2. The zero-order valence-electron chi connectivity index (χ0n) is 38.9. The molecule has 0 heterocycles. The largest absolute Gasteiger partial charge is 0.394 e. The molecule has 0 aromatic carbocycles.